The number of carbonyl (C=O) groups is 3. The second-order valence-corrected chi connectivity index (χ2v) is 10.8. The Labute approximate surface area is 217 Å². The number of nitrogens with zero attached hydrogens (tertiary/aromatic N) is 4. The number of rotatable bonds is 5. The van der Waals surface area contributed by atoms with Gasteiger partial charge in [0.1, 0.15) is 5.82 Å². The average Bonchev–Trinajstić information content (AvgIpc) is 3.59. The van der Waals surface area contributed by atoms with Crippen LogP contribution in [0.25, 0.3) is 0 Å². The fourth-order valence-electron chi connectivity index (χ4n) is 5.93. The predicted octanol–water partition coefficient (Wildman–Crippen LogP) is 2.61. The molecular formula is C28H34N6O3. The molecule has 4 amide bonds. The fourth-order valence-corrected chi connectivity index (χ4v) is 5.93. The van der Waals surface area contributed by atoms with Gasteiger partial charge < -0.3 is 20.4 Å². The van der Waals surface area contributed by atoms with Crippen LogP contribution in [0.2, 0.25) is 0 Å². The van der Waals surface area contributed by atoms with Crippen LogP contribution in [0.5, 0.6) is 0 Å². The van der Waals surface area contributed by atoms with Gasteiger partial charge in [-0.05, 0) is 60.4 Å². The van der Waals surface area contributed by atoms with Crippen LogP contribution in [-0.4, -0.2) is 73.5 Å². The third-order valence-electron chi connectivity index (χ3n) is 8.20. The second kappa shape index (κ2) is 9.36. The van der Waals surface area contributed by atoms with Gasteiger partial charge in [0.25, 0.3) is 5.91 Å². The highest BCUT2D eigenvalue weighted by atomic mass is 16.2. The van der Waals surface area contributed by atoms with E-state index < -0.39 is 0 Å². The van der Waals surface area contributed by atoms with E-state index in [0.717, 1.165) is 11.4 Å². The lowest BCUT2D eigenvalue weighted by molar-refractivity contribution is -0.120. The lowest BCUT2D eigenvalue weighted by Crippen LogP contribution is -2.49. The van der Waals surface area contributed by atoms with Gasteiger partial charge in [-0.2, -0.15) is 0 Å². The Morgan fingerprint density at radius 2 is 1.78 bits per heavy atom. The van der Waals surface area contributed by atoms with E-state index >= 15 is 0 Å². The molecule has 2 atom stereocenters. The molecule has 194 valence electrons. The Bertz CT molecular complexity index is 1250. The minimum atomic E-state index is -0.279. The molecule has 9 nitrogen and oxygen atoms in total. The van der Waals surface area contributed by atoms with Crippen molar-refractivity contribution < 1.29 is 14.4 Å². The first-order valence-corrected chi connectivity index (χ1v) is 13.4. The van der Waals surface area contributed by atoms with Crippen molar-refractivity contribution in [1.82, 2.24) is 20.5 Å². The number of carbonyl (C=O) groups excluding carboxylic acids is 3. The molecule has 1 unspecified atom stereocenters. The van der Waals surface area contributed by atoms with Crippen molar-refractivity contribution >= 4 is 29.4 Å². The Morgan fingerprint density at radius 1 is 1.00 bits per heavy atom. The van der Waals surface area contributed by atoms with E-state index in [0.29, 0.717) is 63.0 Å². The van der Waals surface area contributed by atoms with Crippen LogP contribution >= 0.6 is 0 Å². The zero-order valence-electron chi connectivity index (χ0n) is 21.5. The van der Waals surface area contributed by atoms with Crippen LogP contribution in [-0.2, 0) is 4.79 Å². The number of urea groups is 1. The molecule has 9 heteroatoms. The minimum absolute atomic E-state index is 0.00594. The third-order valence-corrected chi connectivity index (χ3v) is 8.20. The third kappa shape index (κ3) is 4.40. The Kier molecular flexibility index (Phi) is 6.01. The molecule has 2 aromatic rings. The summed E-state index contributed by atoms with van der Waals surface area (Å²) in [6.07, 6.45) is 4.53. The molecule has 4 heterocycles. The maximum atomic E-state index is 13.7. The first-order valence-electron chi connectivity index (χ1n) is 13.4. The number of aryl methyl sites for hydroxylation is 1. The van der Waals surface area contributed by atoms with Gasteiger partial charge in [0, 0.05) is 52.0 Å². The molecule has 0 spiro atoms. The van der Waals surface area contributed by atoms with Crippen molar-refractivity contribution in [2.24, 2.45) is 5.92 Å². The standard InChI is InChI=1S/C28H34N6O3/c1-17-13-21(19-3-4-19)16-30-25(17)32-9-11-33(12-10-32)27(36)22-6-5-20(24-18(2)15-31-26(24)35)14-23(22)34-8-7-29-28(34)37/h5-6,13-14,16,18-19,24H,3-4,7-12,15H2,1-2H3,(H,29,37)(H,31,35)/t18?,24-/m1/s1. The highest BCUT2D eigenvalue weighted by Gasteiger charge is 2.35. The largest absolute Gasteiger partial charge is 0.355 e. The van der Waals surface area contributed by atoms with Gasteiger partial charge in [-0.1, -0.05) is 19.1 Å². The number of hydrogen-bond acceptors (Lipinski definition) is 5. The summed E-state index contributed by atoms with van der Waals surface area (Å²) in [6.45, 7) is 8.39. The van der Waals surface area contributed by atoms with Crippen LogP contribution in [0.4, 0.5) is 16.3 Å². The summed E-state index contributed by atoms with van der Waals surface area (Å²) in [5, 5.41) is 5.75. The molecule has 1 saturated carbocycles. The van der Waals surface area contributed by atoms with Crippen LogP contribution in [0.1, 0.15) is 58.6 Å². The van der Waals surface area contributed by atoms with E-state index in [9.17, 15) is 14.4 Å². The Balaban J connectivity index is 1.22. The van der Waals surface area contributed by atoms with E-state index in [4.69, 9.17) is 4.98 Å². The number of anilines is 2. The maximum absolute atomic E-state index is 13.7. The van der Waals surface area contributed by atoms with E-state index in [2.05, 4.69) is 28.5 Å². The van der Waals surface area contributed by atoms with Crippen LogP contribution < -0.4 is 20.4 Å². The summed E-state index contributed by atoms with van der Waals surface area (Å²) in [7, 11) is 0. The zero-order valence-corrected chi connectivity index (χ0v) is 21.5. The first-order chi connectivity index (χ1) is 17.9. The van der Waals surface area contributed by atoms with E-state index in [1.54, 1.807) is 11.0 Å². The topological polar surface area (TPSA) is 97.9 Å². The summed E-state index contributed by atoms with van der Waals surface area (Å²) >= 11 is 0. The smallest absolute Gasteiger partial charge is 0.322 e. The molecule has 6 rings (SSSR count). The number of nitrogens with one attached hydrogen (secondary N) is 2. The predicted molar refractivity (Wildman–Crippen MR) is 141 cm³/mol. The number of hydrogen-bond donors (Lipinski definition) is 2. The molecule has 37 heavy (non-hydrogen) atoms. The van der Waals surface area contributed by atoms with Crippen molar-refractivity contribution in [3.8, 4) is 0 Å². The molecule has 1 aliphatic carbocycles. The molecule has 3 aliphatic heterocycles. The minimum Gasteiger partial charge on any atom is -0.355 e. The molecule has 3 saturated heterocycles. The number of piperazine rings is 1. The molecule has 4 fully saturated rings. The highest BCUT2D eigenvalue weighted by Crippen LogP contribution is 2.40. The lowest BCUT2D eigenvalue weighted by Gasteiger charge is -2.36. The summed E-state index contributed by atoms with van der Waals surface area (Å²) in [5.74, 6) is 1.46. The van der Waals surface area contributed by atoms with Gasteiger partial charge in [0.2, 0.25) is 5.91 Å². The van der Waals surface area contributed by atoms with Crippen molar-refractivity contribution in [1.29, 1.82) is 0 Å². The first kappa shape index (κ1) is 23.8. The fraction of sp³-hybridized carbons (Fsp3) is 0.500. The molecule has 1 aromatic heterocycles. The van der Waals surface area contributed by atoms with Crippen LogP contribution in [0.3, 0.4) is 0 Å². The molecule has 1 aromatic carbocycles. The van der Waals surface area contributed by atoms with E-state index in [1.807, 2.05) is 30.2 Å². The summed E-state index contributed by atoms with van der Waals surface area (Å²) in [5.41, 5.74) is 4.45. The van der Waals surface area contributed by atoms with Gasteiger partial charge in [0.05, 0.1) is 17.2 Å². The SMILES string of the molecule is Cc1cc(C2CC2)cnc1N1CCN(C(=O)c2ccc([C@@H]3C(=O)NCC3C)cc2N2CCNC2=O)CC1. The van der Waals surface area contributed by atoms with E-state index in [-0.39, 0.29) is 29.7 Å². The van der Waals surface area contributed by atoms with Gasteiger partial charge >= 0.3 is 6.03 Å². The molecule has 0 bridgehead atoms. The van der Waals surface area contributed by atoms with Gasteiger partial charge in [-0.25, -0.2) is 9.78 Å². The normalized spacial score (nSPS) is 23.9. The number of benzene rings is 1. The number of amides is 4. The summed E-state index contributed by atoms with van der Waals surface area (Å²) in [4.78, 5) is 49.3. The molecule has 0 radical (unpaired) electrons. The zero-order chi connectivity index (χ0) is 25.7. The Hall–Kier alpha value is -3.62. The molecule has 4 aliphatic rings. The molecular weight excluding hydrogens is 468 g/mol. The Morgan fingerprint density at radius 3 is 2.41 bits per heavy atom. The highest BCUT2D eigenvalue weighted by molar-refractivity contribution is 6.05. The average molecular weight is 503 g/mol. The van der Waals surface area contributed by atoms with Crippen molar-refractivity contribution in [2.45, 2.75) is 38.5 Å². The molecule has 2 N–H and O–H groups in total. The number of aromatic nitrogens is 1. The van der Waals surface area contributed by atoms with Crippen molar-refractivity contribution in [3.63, 3.8) is 0 Å². The maximum Gasteiger partial charge on any atom is 0.322 e. The van der Waals surface area contributed by atoms with E-state index in [1.165, 1.54) is 24.0 Å². The summed E-state index contributed by atoms with van der Waals surface area (Å²) < 4.78 is 0. The quantitative estimate of drug-likeness (QED) is 0.655. The van der Waals surface area contributed by atoms with Crippen molar-refractivity contribution in [3.05, 3.63) is 52.7 Å². The van der Waals surface area contributed by atoms with Gasteiger partial charge in [-0.15, -0.1) is 0 Å². The van der Waals surface area contributed by atoms with Gasteiger partial charge in [0.15, 0.2) is 0 Å². The van der Waals surface area contributed by atoms with Gasteiger partial charge in [-0.3, -0.25) is 14.5 Å². The van der Waals surface area contributed by atoms with Crippen LogP contribution in [0.15, 0.2) is 30.5 Å². The number of pyridine rings is 1. The van der Waals surface area contributed by atoms with Crippen LogP contribution in [0, 0.1) is 12.8 Å². The lowest BCUT2D eigenvalue weighted by atomic mass is 9.88. The van der Waals surface area contributed by atoms with Crippen molar-refractivity contribution in [2.75, 3.05) is 55.6 Å². The monoisotopic (exact) mass is 502 g/mol. The summed E-state index contributed by atoms with van der Waals surface area (Å²) in [6, 6.07) is 7.59. The second-order valence-electron chi connectivity index (χ2n) is 10.8.